The van der Waals surface area contributed by atoms with Crippen molar-refractivity contribution in [1.29, 1.82) is 0 Å². The van der Waals surface area contributed by atoms with Gasteiger partial charge in [-0.25, -0.2) is 4.79 Å². The minimum absolute atomic E-state index is 0.435. The molecule has 0 aliphatic heterocycles. The highest BCUT2D eigenvalue weighted by molar-refractivity contribution is 8.30. The van der Waals surface area contributed by atoms with Crippen molar-refractivity contribution in [2.45, 2.75) is 132 Å². The molecule has 0 saturated carbocycles. The normalized spacial score (nSPS) is 15.6. The Labute approximate surface area is 348 Å². The maximum atomic E-state index is 15.6. The first-order valence-corrected chi connectivity index (χ1v) is 18.9. The van der Waals surface area contributed by atoms with Gasteiger partial charge in [-0.3, -0.25) is 0 Å². The molecule has 0 heterocycles. The van der Waals surface area contributed by atoms with Gasteiger partial charge in [0.15, 0.2) is 0 Å². The van der Waals surface area contributed by atoms with Crippen LogP contribution < -0.4 is 0 Å². The van der Waals surface area contributed by atoms with Crippen LogP contribution in [0.4, 0.5) is 101 Å². The Balaban J connectivity index is 2.32. The van der Waals surface area contributed by atoms with Crippen molar-refractivity contribution in [2.24, 2.45) is 0 Å². The van der Waals surface area contributed by atoms with Crippen molar-refractivity contribution < 1.29 is 110 Å². The Morgan fingerprint density at radius 3 is 0.875 bits per heavy atom. The van der Waals surface area contributed by atoms with Crippen molar-refractivity contribution in [3.8, 4) is 0 Å². The van der Waals surface area contributed by atoms with Crippen LogP contribution >= 0.6 is 10.3 Å². The maximum absolute atomic E-state index is 15.6. The first-order valence-electron chi connectivity index (χ1n) is 17.3. The number of carbonyl (C=O) groups excluding carboxylic acids is 1. The van der Waals surface area contributed by atoms with E-state index in [2.05, 4.69) is 0 Å². The fraction of sp³-hybridized carbons (Fsp3) is 0.500. The lowest BCUT2D eigenvalue weighted by atomic mass is 9.85. The number of carbonyl (C=O) groups is 1. The number of alkyl halides is 23. The number of rotatable bonds is 14. The van der Waals surface area contributed by atoms with Gasteiger partial charge in [0.05, 0.1) is 0 Å². The predicted octanol–water partition coefficient (Wildman–Crippen LogP) is 14.9. The topological polar surface area (TPSA) is 26.3 Å². The average molecular weight is 989 g/mol. The summed E-state index contributed by atoms with van der Waals surface area (Å²) < 4.78 is 331. The standard InChI is InChI=1S/C38H31F23O2S/c1-26(2,3)20-12-16-23(17-13-20)64(22-10-8-7-9-11-22,24-18-14-21(15-19-24)27(4,5)6)63-25(62)28(39,40)29(41,42)30(43,44)31(45,46)32(47,48)33(49,50)34(51,52)35(53,54)36(55,56)37(57,58)38(59,60)61/h7-19H,1-6H3. The molecule has 0 atom stereocenters. The van der Waals surface area contributed by atoms with Gasteiger partial charge in [0.25, 0.3) is 0 Å². The van der Waals surface area contributed by atoms with Gasteiger partial charge in [0, 0.05) is 14.7 Å². The van der Waals surface area contributed by atoms with E-state index < -0.39 is 107 Å². The molecule has 0 aromatic heterocycles. The van der Waals surface area contributed by atoms with Crippen LogP contribution in [0, 0.1) is 0 Å². The fourth-order valence-electron chi connectivity index (χ4n) is 5.51. The van der Waals surface area contributed by atoms with Gasteiger partial charge in [0.1, 0.15) is 0 Å². The van der Waals surface area contributed by atoms with Crippen LogP contribution in [0.5, 0.6) is 0 Å². The monoisotopic (exact) mass is 988 g/mol. The molecule has 3 rings (SSSR count). The van der Waals surface area contributed by atoms with E-state index in [1.807, 2.05) is 0 Å². The van der Waals surface area contributed by atoms with Crippen LogP contribution in [0.1, 0.15) is 52.7 Å². The van der Waals surface area contributed by atoms with E-state index in [4.69, 9.17) is 4.18 Å². The van der Waals surface area contributed by atoms with E-state index >= 15 is 17.6 Å². The molecule has 0 saturated heterocycles. The number of benzene rings is 3. The van der Waals surface area contributed by atoms with Crippen molar-refractivity contribution in [2.75, 3.05) is 0 Å². The molecule has 0 aliphatic rings. The third kappa shape index (κ3) is 7.80. The van der Waals surface area contributed by atoms with Gasteiger partial charge in [-0.05, 0) is 68.7 Å². The smallest absolute Gasteiger partial charge is 0.397 e. The van der Waals surface area contributed by atoms with Gasteiger partial charge in [-0.1, -0.05) is 84.0 Å². The van der Waals surface area contributed by atoms with Gasteiger partial charge >= 0.3 is 71.4 Å². The summed E-state index contributed by atoms with van der Waals surface area (Å²) in [6.07, 6.45) is -8.17. The second kappa shape index (κ2) is 15.8. The first-order chi connectivity index (χ1) is 28.2. The van der Waals surface area contributed by atoms with Gasteiger partial charge in [-0.15, -0.1) is 0 Å². The highest BCUT2D eigenvalue weighted by Gasteiger charge is 2.99. The Morgan fingerprint density at radius 1 is 0.359 bits per heavy atom. The highest BCUT2D eigenvalue weighted by atomic mass is 32.3. The molecule has 0 spiro atoms. The molecular formula is C38H31F23O2S. The molecule has 0 fully saturated rings. The van der Waals surface area contributed by atoms with Crippen LogP contribution in [0.15, 0.2) is 93.5 Å². The van der Waals surface area contributed by atoms with Crippen molar-refractivity contribution >= 4 is 16.3 Å². The minimum atomic E-state index is -9.57. The summed E-state index contributed by atoms with van der Waals surface area (Å²) in [5.41, 5.74) is -0.559. The Hall–Kier alpha value is -4.13. The van der Waals surface area contributed by atoms with Crippen LogP contribution in [0.25, 0.3) is 0 Å². The Bertz CT molecular complexity index is 2080. The molecule has 64 heavy (non-hydrogen) atoms. The number of halogens is 23. The lowest BCUT2D eigenvalue weighted by Gasteiger charge is -2.45. The van der Waals surface area contributed by atoms with E-state index in [9.17, 15) is 88.2 Å². The van der Waals surface area contributed by atoms with E-state index in [-0.39, 0.29) is 0 Å². The maximum Gasteiger partial charge on any atom is 0.460 e. The second-order valence-electron chi connectivity index (χ2n) is 16.0. The Kier molecular flexibility index (Phi) is 13.3. The van der Waals surface area contributed by atoms with Gasteiger partial charge in [0.2, 0.25) is 0 Å². The van der Waals surface area contributed by atoms with Crippen LogP contribution in [0.3, 0.4) is 0 Å². The summed E-state index contributed by atoms with van der Waals surface area (Å²) in [6.45, 7) is 9.90. The van der Waals surface area contributed by atoms with E-state index in [1.165, 1.54) is 30.3 Å². The van der Waals surface area contributed by atoms with E-state index in [0.29, 0.717) is 11.1 Å². The third-order valence-electron chi connectivity index (χ3n) is 9.54. The summed E-state index contributed by atoms with van der Waals surface area (Å²) >= 11 is 0. The van der Waals surface area contributed by atoms with Crippen LogP contribution in [0.2, 0.25) is 0 Å². The molecule has 26 heteroatoms. The summed E-state index contributed by atoms with van der Waals surface area (Å²) in [7, 11) is -4.46. The van der Waals surface area contributed by atoms with Crippen molar-refractivity contribution in [1.82, 2.24) is 0 Å². The molecule has 0 aliphatic carbocycles. The molecule has 3 aromatic rings. The average Bonchev–Trinajstić information content (AvgIpc) is 3.15. The number of hydrogen-bond acceptors (Lipinski definition) is 2. The Morgan fingerprint density at radius 2 is 0.609 bits per heavy atom. The molecule has 0 radical (unpaired) electrons. The third-order valence-corrected chi connectivity index (χ3v) is 12.8. The minimum Gasteiger partial charge on any atom is -0.397 e. The molecule has 362 valence electrons. The van der Waals surface area contributed by atoms with Crippen molar-refractivity contribution in [3.63, 3.8) is 0 Å². The van der Waals surface area contributed by atoms with Crippen LogP contribution in [-0.4, -0.2) is 71.4 Å². The molecule has 0 amide bonds. The predicted molar refractivity (Wildman–Crippen MR) is 181 cm³/mol. The molecule has 2 nitrogen and oxygen atoms in total. The van der Waals surface area contributed by atoms with Gasteiger partial charge in [-0.2, -0.15) is 101 Å². The zero-order valence-corrected chi connectivity index (χ0v) is 33.7. The van der Waals surface area contributed by atoms with Crippen molar-refractivity contribution in [3.05, 3.63) is 90.0 Å². The summed E-state index contributed by atoms with van der Waals surface area (Å²) in [5, 5.41) is 0. The quantitative estimate of drug-likeness (QED) is 0.150. The van der Waals surface area contributed by atoms with E-state index in [1.54, 1.807) is 41.5 Å². The summed E-state index contributed by atoms with van der Waals surface area (Å²) in [5.74, 6) is -94.6. The fourth-order valence-corrected chi connectivity index (χ4v) is 8.52. The lowest BCUT2D eigenvalue weighted by Crippen LogP contribution is -2.78. The lowest BCUT2D eigenvalue weighted by molar-refractivity contribution is -0.477. The molecule has 3 aromatic carbocycles. The number of hydrogen-bond donors (Lipinski definition) is 0. The van der Waals surface area contributed by atoms with E-state index in [0.717, 1.165) is 48.5 Å². The zero-order valence-electron chi connectivity index (χ0n) is 32.9. The first kappa shape index (κ1) is 54.2. The molecule has 0 N–H and O–H groups in total. The molecule has 0 bridgehead atoms. The zero-order chi connectivity index (χ0) is 50.4. The summed E-state index contributed by atoms with van der Waals surface area (Å²) in [4.78, 5) is 11.9. The van der Waals surface area contributed by atoms with Gasteiger partial charge < -0.3 is 4.18 Å². The van der Waals surface area contributed by atoms with Crippen LogP contribution in [-0.2, 0) is 19.8 Å². The SMILES string of the molecule is CC(C)(C)c1ccc(S(OC(=O)C(F)(F)C(F)(F)C(F)(F)C(F)(F)C(F)(F)C(F)(F)C(F)(F)C(F)(F)C(F)(F)C(F)(F)C(F)(F)F)(c2ccccc2)c2ccc(C(C)(C)C)cc2)cc1. The highest BCUT2D eigenvalue weighted by Crippen LogP contribution is 2.71. The molecule has 0 unspecified atom stereocenters. The second-order valence-corrected chi connectivity index (χ2v) is 18.7. The molecular weight excluding hydrogens is 957 g/mol. The summed E-state index contributed by atoms with van der Waals surface area (Å²) in [6, 6.07) is 14.6. The largest absolute Gasteiger partial charge is 0.460 e.